The number of rotatable bonds is 5. The molecule has 1 heterocycles. The Morgan fingerprint density at radius 1 is 1.36 bits per heavy atom. The van der Waals surface area contributed by atoms with Crippen LogP contribution in [0.4, 0.5) is 0 Å². The summed E-state index contributed by atoms with van der Waals surface area (Å²) in [4.78, 5) is 2.15. The van der Waals surface area contributed by atoms with Gasteiger partial charge in [0, 0.05) is 11.8 Å². The molecule has 0 spiro atoms. The van der Waals surface area contributed by atoms with Crippen LogP contribution in [0.5, 0.6) is 0 Å². The van der Waals surface area contributed by atoms with Crippen molar-refractivity contribution in [1.82, 2.24) is 4.90 Å². The van der Waals surface area contributed by atoms with E-state index in [4.69, 9.17) is 9.47 Å². The quantitative estimate of drug-likeness (QED) is 0.697. The predicted octanol–water partition coefficient (Wildman–Crippen LogP) is 1.43. The number of nitrogens with zero attached hydrogens (tertiary/aromatic N) is 1. The Labute approximate surface area is 91.1 Å². The largest absolute Gasteiger partial charge is 0.349 e. The van der Waals surface area contributed by atoms with Gasteiger partial charge in [0.15, 0.2) is 0 Å². The zero-order valence-corrected chi connectivity index (χ0v) is 10.3. The SMILES string of the molecule is CSC(C)C[C@H]1OCO[C@@H]1CN(C)C. The molecule has 1 rings (SSSR count). The lowest BCUT2D eigenvalue weighted by atomic mass is 10.1. The minimum Gasteiger partial charge on any atom is -0.349 e. The number of hydrogen-bond donors (Lipinski definition) is 0. The van der Waals surface area contributed by atoms with Gasteiger partial charge in [-0.1, -0.05) is 6.92 Å². The normalized spacial score (nSPS) is 29.8. The lowest BCUT2D eigenvalue weighted by Gasteiger charge is -2.22. The van der Waals surface area contributed by atoms with Crippen molar-refractivity contribution in [2.75, 3.05) is 33.7 Å². The van der Waals surface area contributed by atoms with Gasteiger partial charge < -0.3 is 14.4 Å². The van der Waals surface area contributed by atoms with Gasteiger partial charge in [0.2, 0.25) is 0 Å². The highest BCUT2D eigenvalue weighted by Gasteiger charge is 2.30. The molecule has 1 aliphatic rings. The summed E-state index contributed by atoms with van der Waals surface area (Å²) in [7, 11) is 4.13. The summed E-state index contributed by atoms with van der Waals surface area (Å²) in [6.07, 6.45) is 3.75. The van der Waals surface area contributed by atoms with E-state index in [0.29, 0.717) is 12.0 Å². The van der Waals surface area contributed by atoms with Crippen molar-refractivity contribution in [3.8, 4) is 0 Å². The molecule has 3 atom stereocenters. The molecule has 0 amide bonds. The fraction of sp³-hybridized carbons (Fsp3) is 1.00. The van der Waals surface area contributed by atoms with Gasteiger partial charge in [0.25, 0.3) is 0 Å². The van der Waals surface area contributed by atoms with Gasteiger partial charge in [-0.15, -0.1) is 0 Å². The first-order valence-corrected chi connectivity index (χ1v) is 6.33. The highest BCUT2D eigenvalue weighted by Crippen LogP contribution is 2.22. The van der Waals surface area contributed by atoms with Gasteiger partial charge >= 0.3 is 0 Å². The average Bonchev–Trinajstić information content (AvgIpc) is 2.52. The maximum atomic E-state index is 5.58. The summed E-state index contributed by atoms with van der Waals surface area (Å²) >= 11 is 1.88. The number of thioether (sulfide) groups is 1. The molecule has 0 N–H and O–H groups in total. The zero-order valence-electron chi connectivity index (χ0n) is 9.53. The monoisotopic (exact) mass is 219 g/mol. The predicted molar refractivity (Wildman–Crippen MR) is 60.8 cm³/mol. The topological polar surface area (TPSA) is 21.7 Å². The molecule has 0 aromatic rings. The third-order valence-corrected chi connectivity index (χ3v) is 3.49. The molecule has 1 fully saturated rings. The lowest BCUT2D eigenvalue weighted by Crippen LogP contribution is -2.34. The molecule has 4 heteroatoms. The van der Waals surface area contributed by atoms with Crippen molar-refractivity contribution in [2.45, 2.75) is 30.8 Å². The molecule has 14 heavy (non-hydrogen) atoms. The first-order valence-electron chi connectivity index (χ1n) is 5.04. The number of likely N-dealkylation sites (N-methyl/N-ethyl adjacent to an activating group) is 1. The average molecular weight is 219 g/mol. The minimum atomic E-state index is 0.250. The maximum absolute atomic E-state index is 5.58. The number of ether oxygens (including phenoxy) is 2. The molecule has 3 nitrogen and oxygen atoms in total. The fourth-order valence-electron chi connectivity index (χ4n) is 1.60. The Balaban J connectivity index is 2.35. The molecule has 1 saturated heterocycles. The Bertz CT molecular complexity index is 166. The van der Waals surface area contributed by atoms with Crippen molar-refractivity contribution in [2.24, 2.45) is 0 Å². The Morgan fingerprint density at radius 2 is 2.00 bits per heavy atom. The van der Waals surface area contributed by atoms with Gasteiger partial charge in [0.05, 0.1) is 12.2 Å². The fourth-order valence-corrected chi connectivity index (χ4v) is 1.98. The molecule has 0 radical (unpaired) electrons. The van der Waals surface area contributed by atoms with E-state index in [9.17, 15) is 0 Å². The maximum Gasteiger partial charge on any atom is 0.147 e. The molecule has 84 valence electrons. The van der Waals surface area contributed by atoms with E-state index < -0.39 is 0 Å². The Kier molecular flexibility index (Phi) is 5.23. The van der Waals surface area contributed by atoms with Crippen molar-refractivity contribution in [3.63, 3.8) is 0 Å². The van der Waals surface area contributed by atoms with Gasteiger partial charge in [-0.05, 0) is 26.8 Å². The Hall–Kier alpha value is 0.230. The molecular weight excluding hydrogens is 198 g/mol. The minimum absolute atomic E-state index is 0.250. The number of hydrogen-bond acceptors (Lipinski definition) is 4. The second-order valence-corrected chi connectivity index (χ2v) is 5.35. The molecular formula is C10H21NO2S. The zero-order chi connectivity index (χ0) is 10.6. The van der Waals surface area contributed by atoms with Crippen LogP contribution in [0.2, 0.25) is 0 Å². The summed E-state index contributed by atoms with van der Waals surface area (Å²) in [5.41, 5.74) is 0. The molecule has 0 bridgehead atoms. The van der Waals surface area contributed by atoms with E-state index in [2.05, 4.69) is 32.2 Å². The van der Waals surface area contributed by atoms with Gasteiger partial charge in [0.1, 0.15) is 6.79 Å². The first kappa shape index (κ1) is 12.3. The van der Waals surface area contributed by atoms with E-state index in [0.717, 1.165) is 13.0 Å². The van der Waals surface area contributed by atoms with Gasteiger partial charge in [-0.2, -0.15) is 11.8 Å². The van der Waals surface area contributed by atoms with E-state index >= 15 is 0 Å². The van der Waals surface area contributed by atoms with Crippen LogP contribution in [0.1, 0.15) is 13.3 Å². The summed E-state index contributed by atoms with van der Waals surface area (Å²) in [5.74, 6) is 0. The molecule has 0 aliphatic carbocycles. The van der Waals surface area contributed by atoms with Crippen LogP contribution in [0.25, 0.3) is 0 Å². The van der Waals surface area contributed by atoms with Crippen LogP contribution in [-0.2, 0) is 9.47 Å². The van der Waals surface area contributed by atoms with Gasteiger partial charge in [-0.3, -0.25) is 0 Å². The van der Waals surface area contributed by atoms with Crippen molar-refractivity contribution in [1.29, 1.82) is 0 Å². The van der Waals surface area contributed by atoms with E-state index in [1.807, 2.05) is 11.8 Å². The third kappa shape index (κ3) is 3.77. The first-order chi connectivity index (χ1) is 6.63. The molecule has 1 aliphatic heterocycles. The standard InChI is InChI=1S/C10H21NO2S/c1-8(14-4)5-9-10(6-11(2)3)13-7-12-9/h8-10H,5-7H2,1-4H3/t8?,9-,10-/m1/s1. The molecule has 0 aromatic heterocycles. The summed E-state index contributed by atoms with van der Waals surface area (Å²) < 4.78 is 11.1. The van der Waals surface area contributed by atoms with E-state index in [1.54, 1.807) is 0 Å². The second kappa shape index (κ2) is 5.95. The van der Waals surface area contributed by atoms with E-state index in [1.165, 1.54) is 0 Å². The lowest BCUT2D eigenvalue weighted by molar-refractivity contribution is 0.0343. The van der Waals surface area contributed by atoms with Gasteiger partial charge in [-0.25, -0.2) is 0 Å². The second-order valence-electron chi connectivity index (χ2n) is 4.07. The highest BCUT2D eigenvalue weighted by atomic mass is 32.2. The van der Waals surface area contributed by atoms with Crippen LogP contribution in [0, 0.1) is 0 Å². The summed E-state index contributed by atoms with van der Waals surface area (Å²) in [6, 6.07) is 0. The molecule has 1 unspecified atom stereocenters. The van der Waals surface area contributed by atoms with Crippen molar-refractivity contribution >= 4 is 11.8 Å². The highest BCUT2D eigenvalue weighted by molar-refractivity contribution is 7.99. The van der Waals surface area contributed by atoms with Crippen LogP contribution < -0.4 is 0 Å². The molecule has 0 saturated carbocycles. The summed E-state index contributed by atoms with van der Waals surface area (Å²) in [5, 5.41) is 0.645. The third-order valence-electron chi connectivity index (χ3n) is 2.49. The van der Waals surface area contributed by atoms with Crippen molar-refractivity contribution in [3.05, 3.63) is 0 Å². The van der Waals surface area contributed by atoms with Crippen LogP contribution in [0.15, 0.2) is 0 Å². The summed E-state index contributed by atoms with van der Waals surface area (Å²) in [6.45, 7) is 3.65. The van der Waals surface area contributed by atoms with E-state index in [-0.39, 0.29) is 12.2 Å². The van der Waals surface area contributed by atoms with Crippen LogP contribution in [0.3, 0.4) is 0 Å². The van der Waals surface area contributed by atoms with Crippen LogP contribution >= 0.6 is 11.8 Å². The smallest absolute Gasteiger partial charge is 0.147 e. The molecule has 0 aromatic carbocycles. The Morgan fingerprint density at radius 3 is 2.57 bits per heavy atom. The van der Waals surface area contributed by atoms with Crippen molar-refractivity contribution < 1.29 is 9.47 Å². The van der Waals surface area contributed by atoms with Crippen LogP contribution in [-0.4, -0.2) is 56.0 Å².